The zero-order valence-electron chi connectivity index (χ0n) is 12.2. The smallest absolute Gasteiger partial charge is 0.119 e. The van der Waals surface area contributed by atoms with Crippen LogP contribution in [0.1, 0.15) is 33.1 Å². The monoisotopic (exact) mass is 341 g/mol. The summed E-state index contributed by atoms with van der Waals surface area (Å²) in [5.74, 6) is 0.786. The van der Waals surface area contributed by atoms with Crippen LogP contribution in [-0.4, -0.2) is 30.4 Å². The minimum atomic E-state index is -0.470. The Morgan fingerprint density at radius 3 is 2.70 bits per heavy atom. The van der Waals surface area contributed by atoms with Crippen LogP contribution in [0.2, 0.25) is 0 Å². The van der Waals surface area contributed by atoms with Crippen LogP contribution in [-0.2, 0) is 0 Å². The van der Waals surface area contributed by atoms with Gasteiger partial charge in [0.1, 0.15) is 18.5 Å². The van der Waals surface area contributed by atoms with Crippen LogP contribution < -0.4 is 10.1 Å². The van der Waals surface area contributed by atoms with E-state index in [2.05, 4.69) is 35.1 Å². The van der Waals surface area contributed by atoms with E-state index in [0.717, 1.165) is 10.2 Å². The van der Waals surface area contributed by atoms with Gasteiger partial charge in [0.05, 0.1) is 0 Å². The van der Waals surface area contributed by atoms with Crippen molar-refractivity contribution >= 4 is 15.9 Å². The first-order valence-electron chi connectivity index (χ1n) is 7.24. The third-order valence-electron chi connectivity index (χ3n) is 3.87. The third kappa shape index (κ3) is 5.08. The van der Waals surface area contributed by atoms with Crippen molar-refractivity contribution in [3.8, 4) is 5.75 Å². The summed E-state index contributed by atoms with van der Waals surface area (Å²) < 4.78 is 6.59. The van der Waals surface area contributed by atoms with Gasteiger partial charge in [-0.2, -0.15) is 0 Å². The maximum absolute atomic E-state index is 9.96. The normalized spacial score (nSPS) is 22.7. The standard InChI is InChI=1S/C16H24BrNO2/c1-16(2)8-7-13(9-16)18-10-14(19)11-20-15-5-3-12(17)4-6-15/h3-6,13-14,18-19H,7-11H2,1-2H3. The molecule has 1 aromatic rings. The fourth-order valence-corrected chi connectivity index (χ4v) is 2.96. The molecule has 0 radical (unpaired) electrons. The lowest BCUT2D eigenvalue weighted by atomic mass is 9.92. The molecule has 0 amide bonds. The molecule has 0 saturated heterocycles. The molecule has 1 fully saturated rings. The molecule has 1 aromatic carbocycles. The number of halogens is 1. The molecule has 112 valence electrons. The van der Waals surface area contributed by atoms with E-state index >= 15 is 0 Å². The van der Waals surface area contributed by atoms with Crippen molar-refractivity contribution in [2.75, 3.05) is 13.2 Å². The number of aliphatic hydroxyl groups is 1. The minimum absolute atomic E-state index is 0.324. The van der Waals surface area contributed by atoms with Crippen LogP contribution in [0.5, 0.6) is 5.75 Å². The van der Waals surface area contributed by atoms with Gasteiger partial charge in [-0.3, -0.25) is 0 Å². The van der Waals surface area contributed by atoms with Crippen LogP contribution in [0.25, 0.3) is 0 Å². The number of hydrogen-bond acceptors (Lipinski definition) is 3. The highest BCUT2D eigenvalue weighted by molar-refractivity contribution is 9.10. The Labute approximate surface area is 129 Å². The van der Waals surface area contributed by atoms with Gasteiger partial charge < -0.3 is 15.2 Å². The van der Waals surface area contributed by atoms with Crippen LogP contribution in [0.3, 0.4) is 0 Å². The van der Waals surface area contributed by atoms with Crippen molar-refractivity contribution in [2.45, 2.75) is 45.3 Å². The molecule has 1 saturated carbocycles. The summed E-state index contributed by atoms with van der Waals surface area (Å²) in [6.45, 7) is 5.53. The number of hydrogen-bond donors (Lipinski definition) is 2. The molecule has 2 unspecified atom stereocenters. The van der Waals surface area contributed by atoms with Crippen molar-refractivity contribution in [2.24, 2.45) is 5.41 Å². The average molecular weight is 342 g/mol. The van der Waals surface area contributed by atoms with Crippen molar-refractivity contribution < 1.29 is 9.84 Å². The molecule has 1 aliphatic rings. The summed E-state index contributed by atoms with van der Waals surface area (Å²) in [5.41, 5.74) is 0.441. The summed E-state index contributed by atoms with van der Waals surface area (Å²) in [6.07, 6.45) is 3.18. The number of aliphatic hydroxyl groups excluding tert-OH is 1. The number of ether oxygens (including phenoxy) is 1. The van der Waals surface area contributed by atoms with Gasteiger partial charge in [0.15, 0.2) is 0 Å². The van der Waals surface area contributed by atoms with Gasteiger partial charge in [-0.05, 0) is 48.9 Å². The lowest BCUT2D eigenvalue weighted by molar-refractivity contribution is 0.103. The van der Waals surface area contributed by atoms with Crippen molar-refractivity contribution in [1.82, 2.24) is 5.32 Å². The summed E-state index contributed by atoms with van der Waals surface area (Å²) >= 11 is 3.38. The molecule has 0 bridgehead atoms. The first kappa shape index (κ1) is 15.8. The van der Waals surface area contributed by atoms with Crippen LogP contribution in [0, 0.1) is 5.41 Å². The van der Waals surface area contributed by atoms with E-state index in [-0.39, 0.29) is 0 Å². The summed E-state index contributed by atoms with van der Waals surface area (Å²) in [7, 11) is 0. The van der Waals surface area contributed by atoms with E-state index in [9.17, 15) is 5.11 Å². The molecular formula is C16H24BrNO2. The van der Waals surface area contributed by atoms with Gasteiger partial charge >= 0.3 is 0 Å². The molecule has 0 aromatic heterocycles. The van der Waals surface area contributed by atoms with E-state index in [1.165, 1.54) is 19.3 Å². The van der Waals surface area contributed by atoms with Crippen LogP contribution in [0.15, 0.2) is 28.7 Å². The van der Waals surface area contributed by atoms with E-state index in [1.807, 2.05) is 24.3 Å². The molecule has 0 spiro atoms. The van der Waals surface area contributed by atoms with Gasteiger partial charge in [-0.25, -0.2) is 0 Å². The molecule has 2 rings (SSSR count). The minimum Gasteiger partial charge on any atom is -0.491 e. The zero-order chi connectivity index (χ0) is 14.6. The molecule has 3 nitrogen and oxygen atoms in total. The molecule has 0 aliphatic heterocycles. The van der Waals surface area contributed by atoms with Gasteiger partial charge in [0.25, 0.3) is 0 Å². The Kier molecular flexibility index (Phi) is 5.47. The largest absolute Gasteiger partial charge is 0.491 e. The summed E-state index contributed by atoms with van der Waals surface area (Å²) in [5, 5.41) is 13.4. The Balaban J connectivity index is 1.65. The van der Waals surface area contributed by atoms with E-state index in [4.69, 9.17) is 4.74 Å². The molecule has 2 atom stereocenters. The number of benzene rings is 1. The predicted octanol–water partition coefficient (Wildman–Crippen LogP) is 3.36. The quantitative estimate of drug-likeness (QED) is 0.833. The Morgan fingerprint density at radius 2 is 2.10 bits per heavy atom. The first-order chi connectivity index (χ1) is 9.44. The fraction of sp³-hybridized carbons (Fsp3) is 0.625. The highest BCUT2D eigenvalue weighted by Crippen LogP contribution is 2.36. The molecule has 1 aliphatic carbocycles. The second kappa shape index (κ2) is 6.92. The van der Waals surface area contributed by atoms with Crippen molar-refractivity contribution in [3.63, 3.8) is 0 Å². The Morgan fingerprint density at radius 1 is 1.40 bits per heavy atom. The number of nitrogens with one attached hydrogen (secondary N) is 1. The lowest BCUT2D eigenvalue weighted by Gasteiger charge is -2.19. The van der Waals surface area contributed by atoms with Crippen molar-refractivity contribution in [1.29, 1.82) is 0 Å². The van der Waals surface area contributed by atoms with Gasteiger partial charge in [0.2, 0.25) is 0 Å². The molecular weight excluding hydrogens is 318 g/mol. The number of rotatable bonds is 6. The maximum Gasteiger partial charge on any atom is 0.119 e. The molecule has 4 heteroatoms. The Hall–Kier alpha value is -0.580. The zero-order valence-corrected chi connectivity index (χ0v) is 13.8. The topological polar surface area (TPSA) is 41.5 Å². The second-order valence-corrected chi connectivity index (χ2v) is 7.35. The fourth-order valence-electron chi connectivity index (χ4n) is 2.70. The predicted molar refractivity (Wildman–Crippen MR) is 85.1 cm³/mol. The summed E-state index contributed by atoms with van der Waals surface area (Å²) in [4.78, 5) is 0. The van der Waals surface area contributed by atoms with E-state index < -0.39 is 6.10 Å². The van der Waals surface area contributed by atoms with E-state index in [1.54, 1.807) is 0 Å². The lowest BCUT2D eigenvalue weighted by Crippen LogP contribution is -2.37. The highest BCUT2D eigenvalue weighted by atomic mass is 79.9. The highest BCUT2D eigenvalue weighted by Gasteiger charge is 2.30. The SMILES string of the molecule is CC1(C)CCC(NCC(O)COc2ccc(Br)cc2)C1. The van der Waals surface area contributed by atoms with Crippen LogP contribution >= 0.6 is 15.9 Å². The molecule has 2 N–H and O–H groups in total. The van der Waals surface area contributed by atoms with Crippen LogP contribution in [0.4, 0.5) is 0 Å². The van der Waals surface area contributed by atoms with Gasteiger partial charge in [-0.15, -0.1) is 0 Å². The van der Waals surface area contributed by atoms with Gasteiger partial charge in [-0.1, -0.05) is 29.8 Å². The van der Waals surface area contributed by atoms with Crippen molar-refractivity contribution in [3.05, 3.63) is 28.7 Å². The summed E-state index contributed by atoms with van der Waals surface area (Å²) in [6, 6.07) is 8.18. The molecule has 0 heterocycles. The van der Waals surface area contributed by atoms with E-state index in [0.29, 0.717) is 24.6 Å². The average Bonchev–Trinajstić information content (AvgIpc) is 2.75. The Bertz CT molecular complexity index is 419. The first-order valence-corrected chi connectivity index (χ1v) is 8.04. The maximum atomic E-state index is 9.96. The molecule has 20 heavy (non-hydrogen) atoms. The van der Waals surface area contributed by atoms with Gasteiger partial charge in [0, 0.05) is 17.1 Å². The third-order valence-corrected chi connectivity index (χ3v) is 4.40. The second-order valence-electron chi connectivity index (χ2n) is 6.43.